The van der Waals surface area contributed by atoms with Gasteiger partial charge in [-0.3, -0.25) is 19.5 Å². The zero-order valence-electron chi connectivity index (χ0n) is 11.1. The number of carbonyl (C=O) groups excluding carboxylic acids is 2. The molecule has 104 valence electrons. The summed E-state index contributed by atoms with van der Waals surface area (Å²) in [5, 5.41) is 3.43. The number of aliphatic imine (C=N–C) groups is 1. The second kappa shape index (κ2) is 5.28. The molecule has 1 fully saturated rings. The smallest absolute Gasteiger partial charge is 0.252 e. The fraction of sp³-hybridized carbons (Fsp3) is 0.357. The van der Waals surface area contributed by atoms with Crippen molar-refractivity contribution in [1.82, 2.24) is 10.2 Å². The lowest BCUT2D eigenvalue weighted by Gasteiger charge is -2.35. The minimum atomic E-state index is -0.531. The van der Waals surface area contributed by atoms with Crippen LogP contribution in [0.1, 0.15) is 17.7 Å². The van der Waals surface area contributed by atoms with Crippen molar-refractivity contribution in [1.29, 1.82) is 0 Å². The van der Waals surface area contributed by atoms with Crippen molar-refractivity contribution >= 4 is 28.7 Å². The van der Waals surface area contributed by atoms with E-state index < -0.39 is 6.04 Å². The predicted molar refractivity (Wildman–Crippen MR) is 78.4 cm³/mol. The van der Waals surface area contributed by atoms with Gasteiger partial charge in [-0.25, -0.2) is 0 Å². The number of fused-ring (bicyclic) bond motifs is 1. The van der Waals surface area contributed by atoms with Gasteiger partial charge in [0, 0.05) is 13.5 Å². The molecular weight excluding hydrogens is 274 g/mol. The molecule has 0 aliphatic carbocycles. The van der Waals surface area contributed by atoms with Crippen LogP contribution in [0.3, 0.4) is 0 Å². The van der Waals surface area contributed by atoms with Crippen LogP contribution in [0, 0.1) is 0 Å². The molecule has 1 N–H and O–H groups in total. The standard InChI is InChI=1S/C14H15N3O2S/c1-9(18)16-11-12(10-5-3-2-4-6-10)20-14-15-7-8-17(14)13(11)19/h2-6,11-12H,7-8H2,1H3,(H,16,18). The molecule has 2 aliphatic heterocycles. The van der Waals surface area contributed by atoms with Gasteiger partial charge in [0.1, 0.15) is 6.04 Å². The monoisotopic (exact) mass is 289 g/mol. The average molecular weight is 289 g/mol. The van der Waals surface area contributed by atoms with Gasteiger partial charge in [-0.05, 0) is 5.56 Å². The highest BCUT2D eigenvalue weighted by molar-refractivity contribution is 8.14. The molecule has 0 saturated carbocycles. The van der Waals surface area contributed by atoms with Crippen LogP contribution in [0.15, 0.2) is 35.3 Å². The first-order chi connectivity index (χ1) is 9.66. The summed E-state index contributed by atoms with van der Waals surface area (Å²) in [4.78, 5) is 30.0. The molecule has 5 nitrogen and oxygen atoms in total. The zero-order valence-corrected chi connectivity index (χ0v) is 11.9. The highest BCUT2D eigenvalue weighted by Gasteiger charge is 2.43. The van der Waals surface area contributed by atoms with Gasteiger partial charge >= 0.3 is 0 Å². The Kier molecular flexibility index (Phi) is 3.48. The van der Waals surface area contributed by atoms with E-state index in [9.17, 15) is 9.59 Å². The van der Waals surface area contributed by atoms with E-state index in [-0.39, 0.29) is 17.1 Å². The number of thioether (sulfide) groups is 1. The topological polar surface area (TPSA) is 61.8 Å². The maximum absolute atomic E-state index is 12.5. The van der Waals surface area contributed by atoms with Crippen molar-refractivity contribution in [2.45, 2.75) is 18.2 Å². The van der Waals surface area contributed by atoms with Crippen molar-refractivity contribution in [2.75, 3.05) is 13.1 Å². The first-order valence-corrected chi connectivity index (χ1v) is 7.39. The number of nitrogens with one attached hydrogen (secondary N) is 1. The summed E-state index contributed by atoms with van der Waals surface area (Å²) in [7, 11) is 0. The maximum atomic E-state index is 12.5. The number of nitrogens with zero attached hydrogens (tertiary/aromatic N) is 2. The summed E-state index contributed by atoms with van der Waals surface area (Å²) in [5.74, 6) is -0.256. The van der Waals surface area contributed by atoms with Gasteiger partial charge < -0.3 is 5.32 Å². The van der Waals surface area contributed by atoms with E-state index in [1.54, 1.807) is 16.7 Å². The molecule has 6 heteroatoms. The van der Waals surface area contributed by atoms with E-state index in [4.69, 9.17) is 0 Å². The SMILES string of the molecule is CC(=O)NC1C(=O)N2CCN=C2SC1c1ccccc1. The summed E-state index contributed by atoms with van der Waals surface area (Å²) in [6.45, 7) is 2.69. The molecule has 1 saturated heterocycles. The van der Waals surface area contributed by atoms with Crippen molar-refractivity contribution in [3.8, 4) is 0 Å². The molecule has 2 amide bonds. The molecule has 2 unspecified atom stereocenters. The first kappa shape index (κ1) is 13.2. The Balaban J connectivity index is 1.95. The summed E-state index contributed by atoms with van der Waals surface area (Å²) < 4.78 is 0. The lowest BCUT2D eigenvalue weighted by molar-refractivity contribution is -0.132. The Morgan fingerprint density at radius 2 is 2.15 bits per heavy atom. The molecule has 0 spiro atoms. The molecule has 0 aromatic heterocycles. The summed E-state index contributed by atoms with van der Waals surface area (Å²) in [6.07, 6.45) is 0. The fourth-order valence-corrected chi connectivity index (χ4v) is 3.79. The molecule has 3 rings (SSSR count). The molecule has 2 atom stereocenters. The highest BCUT2D eigenvalue weighted by atomic mass is 32.2. The molecule has 20 heavy (non-hydrogen) atoms. The van der Waals surface area contributed by atoms with E-state index in [2.05, 4.69) is 10.3 Å². The van der Waals surface area contributed by atoms with Crippen molar-refractivity contribution in [3.63, 3.8) is 0 Å². The zero-order chi connectivity index (χ0) is 14.1. The number of carbonyl (C=O) groups is 2. The fourth-order valence-electron chi connectivity index (χ4n) is 2.47. The van der Waals surface area contributed by atoms with Crippen LogP contribution < -0.4 is 5.32 Å². The third-order valence-corrected chi connectivity index (χ3v) is 4.71. The minimum Gasteiger partial charge on any atom is -0.343 e. The first-order valence-electron chi connectivity index (χ1n) is 6.51. The third-order valence-electron chi connectivity index (χ3n) is 3.36. The molecule has 1 aromatic rings. The number of amidine groups is 1. The average Bonchev–Trinajstić information content (AvgIpc) is 2.91. The minimum absolute atomic E-state index is 0.0657. The Morgan fingerprint density at radius 3 is 2.85 bits per heavy atom. The summed E-state index contributed by atoms with van der Waals surface area (Å²) in [5.41, 5.74) is 1.03. The van der Waals surface area contributed by atoms with E-state index in [0.717, 1.165) is 10.7 Å². The van der Waals surface area contributed by atoms with Crippen LogP contribution >= 0.6 is 11.8 Å². The van der Waals surface area contributed by atoms with Crippen LogP contribution in [-0.4, -0.2) is 41.0 Å². The third kappa shape index (κ3) is 2.31. The van der Waals surface area contributed by atoms with Crippen molar-refractivity contribution in [2.24, 2.45) is 4.99 Å². The Morgan fingerprint density at radius 1 is 1.40 bits per heavy atom. The van der Waals surface area contributed by atoms with Gasteiger partial charge in [0.2, 0.25) is 5.91 Å². The molecule has 0 radical (unpaired) electrons. The highest BCUT2D eigenvalue weighted by Crippen LogP contribution is 2.40. The second-order valence-corrected chi connectivity index (χ2v) is 5.89. The number of rotatable bonds is 2. The van der Waals surface area contributed by atoms with Gasteiger partial charge in [0.25, 0.3) is 5.91 Å². The molecular formula is C14H15N3O2S. The Hall–Kier alpha value is -1.82. The van der Waals surface area contributed by atoms with Crippen molar-refractivity contribution < 1.29 is 9.59 Å². The molecule has 1 aromatic carbocycles. The summed E-state index contributed by atoms with van der Waals surface area (Å²) in [6, 6.07) is 9.24. The van der Waals surface area contributed by atoms with Crippen molar-refractivity contribution in [3.05, 3.63) is 35.9 Å². The predicted octanol–water partition coefficient (Wildman–Crippen LogP) is 1.18. The number of hydrogen-bond donors (Lipinski definition) is 1. The lowest BCUT2D eigenvalue weighted by Crippen LogP contribution is -2.54. The van der Waals surface area contributed by atoms with Gasteiger partial charge in [-0.1, -0.05) is 42.1 Å². The lowest BCUT2D eigenvalue weighted by atomic mass is 10.0. The Bertz CT molecular complexity index is 573. The van der Waals surface area contributed by atoms with Crippen LogP contribution in [0.4, 0.5) is 0 Å². The second-order valence-electron chi connectivity index (χ2n) is 4.78. The molecule has 2 aliphatic rings. The molecule has 2 heterocycles. The van der Waals surface area contributed by atoms with E-state index in [1.807, 2.05) is 30.3 Å². The number of amides is 2. The van der Waals surface area contributed by atoms with Crippen LogP contribution in [0.5, 0.6) is 0 Å². The largest absolute Gasteiger partial charge is 0.343 e. The number of hydrogen-bond acceptors (Lipinski definition) is 4. The van der Waals surface area contributed by atoms with Crippen LogP contribution in [0.25, 0.3) is 0 Å². The van der Waals surface area contributed by atoms with Gasteiger partial charge in [-0.15, -0.1) is 0 Å². The van der Waals surface area contributed by atoms with Gasteiger partial charge in [0.15, 0.2) is 5.17 Å². The van der Waals surface area contributed by atoms with E-state index in [0.29, 0.717) is 13.1 Å². The van der Waals surface area contributed by atoms with Gasteiger partial charge in [-0.2, -0.15) is 0 Å². The number of benzene rings is 1. The normalized spacial score (nSPS) is 25.1. The van der Waals surface area contributed by atoms with E-state index in [1.165, 1.54) is 6.92 Å². The van der Waals surface area contributed by atoms with Crippen LogP contribution in [0.2, 0.25) is 0 Å². The molecule has 0 bridgehead atoms. The summed E-state index contributed by atoms with van der Waals surface area (Å²) >= 11 is 1.55. The van der Waals surface area contributed by atoms with E-state index >= 15 is 0 Å². The maximum Gasteiger partial charge on any atom is 0.252 e. The quantitative estimate of drug-likeness (QED) is 0.889. The van der Waals surface area contributed by atoms with Gasteiger partial charge in [0.05, 0.1) is 11.8 Å². The van der Waals surface area contributed by atoms with Crippen LogP contribution in [-0.2, 0) is 9.59 Å². The Labute approximate surface area is 121 Å².